The summed E-state index contributed by atoms with van der Waals surface area (Å²) in [6.45, 7) is 0.652. The summed E-state index contributed by atoms with van der Waals surface area (Å²) < 4.78 is 5.87. The first-order valence-electron chi connectivity index (χ1n) is 6.04. The molecule has 1 aliphatic carbocycles. The molecule has 0 bridgehead atoms. The van der Waals surface area contributed by atoms with Gasteiger partial charge in [0.15, 0.2) is 0 Å². The molecule has 3 rings (SSSR count). The molecule has 2 atom stereocenters. The van der Waals surface area contributed by atoms with Crippen molar-refractivity contribution in [2.75, 3.05) is 0 Å². The highest BCUT2D eigenvalue weighted by Gasteiger charge is 2.40. The number of amides is 2. The third-order valence-corrected chi connectivity index (χ3v) is 3.48. The van der Waals surface area contributed by atoms with E-state index < -0.39 is 0 Å². The molecule has 2 fully saturated rings. The monoisotopic (exact) mass is 232 g/mol. The molecule has 90 valence electrons. The van der Waals surface area contributed by atoms with Crippen LogP contribution in [-0.4, -0.2) is 24.2 Å². The molecule has 2 N–H and O–H groups in total. The Hall–Kier alpha value is -1.55. The van der Waals surface area contributed by atoms with E-state index in [1.807, 2.05) is 18.2 Å². The van der Waals surface area contributed by atoms with E-state index in [1.54, 1.807) is 0 Å². The predicted octanol–water partition coefficient (Wildman–Crippen LogP) is 1.42. The van der Waals surface area contributed by atoms with Crippen molar-refractivity contribution in [3.63, 3.8) is 0 Å². The number of hydrogen-bond acceptors (Lipinski definition) is 2. The van der Waals surface area contributed by atoms with Gasteiger partial charge in [0.05, 0.1) is 24.8 Å². The fourth-order valence-electron chi connectivity index (χ4n) is 2.61. The average Bonchev–Trinajstić information content (AvgIpc) is 2.84. The summed E-state index contributed by atoms with van der Waals surface area (Å²) in [5.74, 6) is 0. The molecule has 0 spiro atoms. The van der Waals surface area contributed by atoms with Crippen LogP contribution in [0.2, 0.25) is 0 Å². The minimum absolute atomic E-state index is 0.0403. The molecule has 1 saturated carbocycles. The molecule has 2 amide bonds. The fraction of sp³-hybridized carbons (Fsp3) is 0.462. The highest BCUT2D eigenvalue weighted by atomic mass is 16.5. The Kier molecular flexibility index (Phi) is 2.73. The quantitative estimate of drug-likeness (QED) is 0.828. The molecule has 0 radical (unpaired) electrons. The van der Waals surface area contributed by atoms with Gasteiger partial charge in [0, 0.05) is 0 Å². The first-order valence-corrected chi connectivity index (χ1v) is 6.04. The van der Waals surface area contributed by atoms with E-state index >= 15 is 0 Å². The van der Waals surface area contributed by atoms with Crippen molar-refractivity contribution in [2.45, 2.75) is 37.6 Å². The molecular weight excluding hydrogens is 216 g/mol. The van der Waals surface area contributed by atoms with Crippen molar-refractivity contribution in [3.8, 4) is 0 Å². The molecule has 17 heavy (non-hydrogen) atoms. The van der Waals surface area contributed by atoms with Gasteiger partial charge < -0.3 is 15.4 Å². The lowest BCUT2D eigenvalue weighted by Gasteiger charge is -2.12. The number of ether oxygens (including phenoxy) is 1. The van der Waals surface area contributed by atoms with Gasteiger partial charge in [0.2, 0.25) is 0 Å². The van der Waals surface area contributed by atoms with Crippen LogP contribution in [0.5, 0.6) is 0 Å². The summed E-state index contributed by atoms with van der Waals surface area (Å²) in [6, 6.07) is 10.6. The number of urea groups is 1. The molecular formula is C13H16N2O2. The first kappa shape index (κ1) is 10.6. The van der Waals surface area contributed by atoms with Crippen molar-refractivity contribution < 1.29 is 9.53 Å². The lowest BCUT2D eigenvalue weighted by molar-refractivity contribution is 0.0426. The number of carbonyl (C=O) groups is 1. The van der Waals surface area contributed by atoms with Crippen molar-refractivity contribution in [2.24, 2.45) is 0 Å². The van der Waals surface area contributed by atoms with Crippen molar-refractivity contribution in [1.82, 2.24) is 10.6 Å². The first-order chi connectivity index (χ1) is 8.31. The molecule has 4 heteroatoms. The molecule has 1 aliphatic heterocycles. The van der Waals surface area contributed by atoms with E-state index in [0.717, 1.165) is 12.8 Å². The second kappa shape index (κ2) is 4.37. The van der Waals surface area contributed by atoms with Crippen LogP contribution in [0.15, 0.2) is 30.3 Å². The van der Waals surface area contributed by atoms with Crippen LogP contribution in [0.1, 0.15) is 18.4 Å². The van der Waals surface area contributed by atoms with Crippen LogP contribution in [0.25, 0.3) is 0 Å². The molecule has 2 unspecified atom stereocenters. The van der Waals surface area contributed by atoms with Gasteiger partial charge in [-0.25, -0.2) is 4.79 Å². The predicted molar refractivity (Wildman–Crippen MR) is 63.5 cm³/mol. The van der Waals surface area contributed by atoms with Crippen molar-refractivity contribution >= 4 is 6.03 Å². The Bertz CT molecular complexity index is 391. The fourth-order valence-corrected chi connectivity index (χ4v) is 2.61. The Morgan fingerprint density at radius 2 is 1.76 bits per heavy atom. The largest absolute Gasteiger partial charge is 0.373 e. The smallest absolute Gasteiger partial charge is 0.315 e. The molecule has 0 aromatic heterocycles. The van der Waals surface area contributed by atoms with E-state index in [2.05, 4.69) is 22.8 Å². The van der Waals surface area contributed by atoms with Gasteiger partial charge in [-0.3, -0.25) is 0 Å². The summed E-state index contributed by atoms with van der Waals surface area (Å²) in [5, 5.41) is 5.83. The van der Waals surface area contributed by atoms with E-state index in [1.165, 1.54) is 5.56 Å². The van der Waals surface area contributed by atoms with Gasteiger partial charge in [-0.05, 0) is 18.4 Å². The standard InChI is InChI=1S/C13H16N2O2/c16-13-14-11-6-10(7-12(11)15-13)17-8-9-4-2-1-3-5-9/h1-5,10-12H,6-8H2,(H2,14,15,16). The summed E-state index contributed by atoms with van der Waals surface area (Å²) in [7, 11) is 0. The van der Waals surface area contributed by atoms with E-state index in [-0.39, 0.29) is 24.2 Å². The van der Waals surface area contributed by atoms with E-state index in [9.17, 15) is 4.79 Å². The lowest BCUT2D eigenvalue weighted by Crippen LogP contribution is -2.28. The third kappa shape index (κ3) is 2.26. The summed E-state index contributed by atoms with van der Waals surface area (Å²) in [5.41, 5.74) is 1.20. The lowest BCUT2D eigenvalue weighted by atomic mass is 10.2. The molecule has 4 nitrogen and oxygen atoms in total. The molecule has 1 heterocycles. The number of rotatable bonds is 3. The highest BCUT2D eigenvalue weighted by molar-refractivity contribution is 5.77. The van der Waals surface area contributed by atoms with E-state index in [0.29, 0.717) is 6.61 Å². The molecule has 1 aromatic rings. The number of benzene rings is 1. The van der Waals surface area contributed by atoms with E-state index in [4.69, 9.17) is 4.74 Å². The summed E-state index contributed by atoms with van der Waals surface area (Å²) in [6.07, 6.45) is 2.07. The van der Waals surface area contributed by atoms with Gasteiger partial charge in [0.1, 0.15) is 0 Å². The number of carbonyl (C=O) groups excluding carboxylic acids is 1. The van der Waals surface area contributed by atoms with Gasteiger partial charge in [-0.1, -0.05) is 30.3 Å². The van der Waals surface area contributed by atoms with Gasteiger partial charge in [-0.2, -0.15) is 0 Å². The highest BCUT2D eigenvalue weighted by Crippen LogP contribution is 2.26. The number of fused-ring (bicyclic) bond motifs is 1. The Morgan fingerprint density at radius 1 is 1.12 bits per heavy atom. The summed E-state index contributed by atoms with van der Waals surface area (Å²) >= 11 is 0. The van der Waals surface area contributed by atoms with Crippen LogP contribution >= 0.6 is 0 Å². The third-order valence-electron chi connectivity index (χ3n) is 3.48. The second-order valence-corrected chi connectivity index (χ2v) is 4.72. The van der Waals surface area contributed by atoms with Crippen LogP contribution in [-0.2, 0) is 11.3 Å². The minimum atomic E-state index is -0.0403. The van der Waals surface area contributed by atoms with Gasteiger partial charge in [-0.15, -0.1) is 0 Å². The van der Waals surface area contributed by atoms with Crippen molar-refractivity contribution in [3.05, 3.63) is 35.9 Å². The average molecular weight is 232 g/mol. The molecule has 1 saturated heterocycles. The molecule has 2 aliphatic rings. The Balaban J connectivity index is 1.51. The van der Waals surface area contributed by atoms with Crippen LogP contribution in [0.4, 0.5) is 4.79 Å². The zero-order valence-corrected chi connectivity index (χ0v) is 9.56. The van der Waals surface area contributed by atoms with Crippen LogP contribution in [0.3, 0.4) is 0 Å². The van der Waals surface area contributed by atoms with Crippen LogP contribution < -0.4 is 10.6 Å². The SMILES string of the molecule is O=C1NC2CC(OCc3ccccc3)CC2N1. The Morgan fingerprint density at radius 3 is 2.41 bits per heavy atom. The normalized spacial score (nSPS) is 30.8. The minimum Gasteiger partial charge on any atom is -0.373 e. The zero-order valence-electron chi connectivity index (χ0n) is 9.56. The zero-order chi connectivity index (χ0) is 11.7. The maximum atomic E-state index is 11.1. The van der Waals surface area contributed by atoms with Crippen LogP contribution in [0, 0.1) is 0 Å². The maximum absolute atomic E-state index is 11.1. The van der Waals surface area contributed by atoms with Crippen molar-refractivity contribution in [1.29, 1.82) is 0 Å². The van der Waals surface area contributed by atoms with Gasteiger partial charge >= 0.3 is 6.03 Å². The number of nitrogens with one attached hydrogen (secondary N) is 2. The second-order valence-electron chi connectivity index (χ2n) is 4.72. The Labute approximate surface area is 100 Å². The molecule has 1 aromatic carbocycles. The summed E-state index contributed by atoms with van der Waals surface area (Å²) in [4.78, 5) is 11.1. The maximum Gasteiger partial charge on any atom is 0.315 e. The van der Waals surface area contributed by atoms with Gasteiger partial charge in [0.25, 0.3) is 0 Å². The number of hydrogen-bond donors (Lipinski definition) is 2. The topological polar surface area (TPSA) is 50.4 Å².